The van der Waals surface area contributed by atoms with Gasteiger partial charge in [-0.2, -0.15) is 0 Å². The lowest BCUT2D eigenvalue weighted by molar-refractivity contribution is 0.108. The number of hydrogen-bond donors (Lipinski definition) is 2. The van der Waals surface area contributed by atoms with Gasteiger partial charge in [0.2, 0.25) is 0 Å². The molecule has 1 aromatic carbocycles. The summed E-state index contributed by atoms with van der Waals surface area (Å²) < 4.78 is 0. The number of fused-ring (bicyclic) bond motifs is 1. The van der Waals surface area contributed by atoms with Crippen molar-refractivity contribution >= 4 is 23.2 Å². The minimum absolute atomic E-state index is 0.156. The Morgan fingerprint density at radius 1 is 1.21 bits per heavy atom. The summed E-state index contributed by atoms with van der Waals surface area (Å²) in [6.45, 7) is 0.376. The molecule has 0 saturated heterocycles. The van der Waals surface area contributed by atoms with E-state index in [9.17, 15) is 5.11 Å². The van der Waals surface area contributed by atoms with Gasteiger partial charge >= 0.3 is 0 Å². The van der Waals surface area contributed by atoms with Crippen LogP contribution < -0.4 is 5.73 Å². The van der Waals surface area contributed by atoms with E-state index < -0.39 is 6.10 Å². The minimum atomic E-state index is -0.419. The van der Waals surface area contributed by atoms with Gasteiger partial charge in [-0.3, -0.25) is 0 Å². The molecule has 0 aliphatic heterocycles. The van der Waals surface area contributed by atoms with Crippen molar-refractivity contribution in [2.24, 2.45) is 23.5 Å². The van der Waals surface area contributed by atoms with Crippen LogP contribution in [-0.2, 0) is 0 Å². The number of halogens is 2. The molecule has 2 aliphatic rings. The third-order valence-electron chi connectivity index (χ3n) is 4.90. The van der Waals surface area contributed by atoms with Gasteiger partial charge in [0.05, 0.1) is 6.10 Å². The Kier molecular flexibility index (Phi) is 3.78. The van der Waals surface area contributed by atoms with Crippen molar-refractivity contribution in [3.05, 3.63) is 33.8 Å². The van der Waals surface area contributed by atoms with E-state index in [2.05, 4.69) is 0 Å². The van der Waals surface area contributed by atoms with Crippen molar-refractivity contribution in [1.29, 1.82) is 0 Å². The molecule has 4 heteroatoms. The van der Waals surface area contributed by atoms with Gasteiger partial charge in [0.25, 0.3) is 0 Å². The Morgan fingerprint density at radius 3 is 2.32 bits per heavy atom. The fourth-order valence-electron chi connectivity index (χ4n) is 3.94. The molecule has 4 atom stereocenters. The molecule has 19 heavy (non-hydrogen) atoms. The Bertz CT molecular complexity index is 449. The molecule has 4 unspecified atom stereocenters. The van der Waals surface area contributed by atoms with Crippen LogP contribution >= 0.6 is 23.2 Å². The molecule has 0 spiro atoms. The van der Waals surface area contributed by atoms with Crippen LogP contribution in [-0.4, -0.2) is 17.8 Å². The zero-order chi connectivity index (χ0) is 13.6. The first kappa shape index (κ1) is 13.7. The highest BCUT2D eigenvalue weighted by Crippen LogP contribution is 2.60. The highest BCUT2D eigenvalue weighted by molar-refractivity contribution is 6.36. The lowest BCUT2D eigenvalue weighted by atomic mass is 9.88. The molecule has 0 radical (unpaired) electrons. The Labute approximate surface area is 123 Å². The summed E-state index contributed by atoms with van der Waals surface area (Å²) in [5.41, 5.74) is 6.69. The van der Waals surface area contributed by atoms with Gasteiger partial charge in [0.1, 0.15) is 0 Å². The molecule has 0 amide bonds. The van der Waals surface area contributed by atoms with Crippen molar-refractivity contribution in [2.75, 3.05) is 6.54 Å². The highest BCUT2D eigenvalue weighted by atomic mass is 35.5. The molecule has 1 aromatic rings. The molecule has 104 valence electrons. The summed E-state index contributed by atoms with van der Waals surface area (Å²) in [5.74, 6) is 1.64. The van der Waals surface area contributed by atoms with Crippen molar-refractivity contribution in [2.45, 2.75) is 31.3 Å². The van der Waals surface area contributed by atoms with E-state index in [4.69, 9.17) is 28.9 Å². The predicted molar refractivity (Wildman–Crippen MR) is 78.6 cm³/mol. The van der Waals surface area contributed by atoms with Crippen molar-refractivity contribution in [3.8, 4) is 0 Å². The van der Waals surface area contributed by atoms with Crippen molar-refractivity contribution < 1.29 is 5.11 Å². The normalized spacial score (nSPS) is 31.9. The number of aliphatic hydroxyl groups is 1. The lowest BCUT2D eigenvalue weighted by Crippen LogP contribution is -2.29. The van der Waals surface area contributed by atoms with E-state index in [1.165, 1.54) is 19.3 Å². The Hall–Kier alpha value is -0.280. The van der Waals surface area contributed by atoms with E-state index in [-0.39, 0.29) is 5.92 Å². The van der Waals surface area contributed by atoms with Gasteiger partial charge in [-0.05, 0) is 48.3 Å². The van der Waals surface area contributed by atoms with Crippen LogP contribution in [0, 0.1) is 17.8 Å². The first-order chi connectivity index (χ1) is 9.15. The maximum atomic E-state index is 10.7. The van der Waals surface area contributed by atoms with E-state index >= 15 is 0 Å². The molecular formula is C15H19Cl2NO. The molecule has 2 saturated carbocycles. The van der Waals surface area contributed by atoms with Gasteiger partial charge in [-0.15, -0.1) is 0 Å². The average molecular weight is 300 g/mol. The molecule has 3 rings (SSSR count). The number of aliphatic hydroxyl groups excluding tert-OH is 1. The third kappa shape index (κ3) is 2.29. The number of rotatable bonds is 4. The Morgan fingerprint density at radius 2 is 1.79 bits per heavy atom. The lowest BCUT2D eigenvalue weighted by Gasteiger charge is -2.25. The standard InChI is InChI=1S/C15H19Cl2NO/c16-11-5-2-6-12(17)14(11)10(7-18)15(19)13-8-3-1-4-9(8)13/h2,5-6,8-10,13,15,19H,1,3-4,7,18H2. The molecule has 2 aliphatic carbocycles. The fraction of sp³-hybridized carbons (Fsp3) is 0.600. The van der Waals surface area contributed by atoms with Crippen LogP contribution in [0.2, 0.25) is 10.0 Å². The molecule has 0 bridgehead atoms. The SMILES string of the molecule is NCC(c1c(Cl)cccc1Cl)C(O)C1C2CCCC21. The summed E-state index contributed by atoms with van der Waals surface area (Å²) in [7, 11) is 0. The molecular weight excluding hydrogens is 281 g/mol. The number of nitrogens with two attached hydrogens (primary N) is 1. The van der Waals surface area contributed by atoms with Crippen molar-refractivity contribution in [3.63, 3.8) is 0 Å². The molecule has 3 N–H and O–H groups in total. The van der Waals surface area contributed by atoms with Crippen molar-refractivity contribution in [1.82, 2.24) is 0 Å². The quantitative estimate of drug-likeness (QED) is 0.894. The topological polar surface area (TPSA) is 46.2 Å². The summed E-state index contributed by atoms with van der Waals surface area (Å²) in [6.07, 6.45) is 3.39. The fourth-order valence-corrected chi connectivity index (χ4v) is 4.62. The molecule has 0 heterocycles. The summed E-state index contributed by atoms with van der Waals surface area (Å²) in [6, 6.07) is 5.44. The third-order valence-corrected chi connectivity index (χ3v) is 5.56. The zero-order valence-electron chi connectivity index (χ0n) is 10.7. The van der Waals surface area contributed by atoms with Crippen LogP contribution in [0.15, 0.2) is 18.2 Å². The monoisotopic (exact) mass is 299 g/mol. The van der Waals surface area contributed by atoms with Crippen LogP contribution in [0.25, 0.3) is 0 Å². The first-order valence-corrected chi connectivity index (χ1v) is 7.72. The van der Waals surface area contributed by atoms with Crippen LogP contribution in [0.3, 0.4) is 0 Å². The number of hydrogen-bond acceptors (Lipinski definition) is 2. The second kappa shape index (κ2) is 5.25. The summed E-state index contributed by atoms with van der Waals surface area (Å²) in [4.78, 5) is 0. The largest absolute Gasteiger partial charge is 0.392 e. The number of benzene rings is 1. The maximum Gasteiger partial charge on any atom is 0.0655 e. The van der Waals surface area contributed by atoms with Gasteiger partial charge in [-0.1, -0.05) is 35.7 Å². The second-order valence-electron chi connectivity index (χ2n) is 5.80. The van der Waals surface area contributed by atoms with Crippen LogP contribution in [0.5, 0.6) is 0 Å². The second-order valence-corrected chi connectivity index (χ2v) is 6.62. The van der Waals surface area contributed by atoms with Gasteiger partial charge in [0.15, 0.2) is 0 Å². The zero-order valence-corrected chi connectivity index (χ0v) is 12.2. The van der Waals surface area contributed by atoms with Gasteiger partial charge in [-0.25, -0.2) is 0 Å². The molecule has 2 nitrogen and oxygen atoms in total. The van der Waals surface area contributed by atoms with Crippen LogP contribution in [0.4, 0.5) is 0 Å². The summed E-state index contributed by atoms with van der Waals surface area (Å²) >= 11 is 12.5. The summed E-state index contributed by atoms with van der Waals surface area (Å²) in [5, 5.41) is 11.9. The predicted octanol–water partition coefficient (Wildman–Crippen LogP) is 3.44. The highest BCUT2D eigenvalue weighted by Gasteiger charge is 2.57. The minimum Gasteiger partial charge on any atom is -0.392 e. The van der Waals surface area contributed by atoms with E-state index in [0.29, 0.717) is 34.3 Å². The van der Waals surface area contributed by atoms with E-state index in [0.717, 1.165) is 5.56 Å². The van der Waals surface area contributed by atoms with Gasteiger partial charge < -0.3 is 10.8 Å². The van der Waals surface area contributed by atoms with Gasteiger partial charge in [0, 0.05) is 22.5 Å². The average Bonchev–Trinajstić information content (AvgIpc) is 2.86. The molecule has 2 fully saturated rings. The van der Waals surface area contributed by atoms with Crippen LogP contribution in [0.1, 0.15) is 30.7 Å². The smallest absolute Gasteiger partial charge is 0.0655 e. The Balaban J connectivity index is 1.84. The molecule has 0 aromatic heterocycles. The first-order valence-electron chi connectivity index (χ1n) is 6.97. The maximum absolute atomic E-state index is 10.7. The van der Waals surface area contributed by atoms with E-state index in [1.54, 1.807) is 0 Å². The van der Waals surface area contributed by atoms with E-state index in [1.807, 2.05) is 18.2 Å².